The number of carbonyl (C=O) groups is 3. The summed E-state index contributed by atoms with van der Waals surface area (Å²) in [6, 6.07) is -1.53. The van der Waals surface area contributed by atoms with Gasteiger partial charge in [0.05, 0.1) is 13.2 Å². The van der Waals surface area contributed by atoms with Crippen LogP contribution in [0.25, 0.3) is 0 Å². The Morgan fingerprint density at radius 1 is 0.534 bits per heavy atom. The second kappa shape index (κ2) is 41.2. The number of carbonyl (C=O) groups excluding carboxylic acids is 2. The van der Waals surface area contributed by atoms with E-state index in [2.05, 4.69) is 60.9 Å². The summed E-state index contributed by atoms with van der Waals surface area (Å²) in [5.41, 5.74) is 5.33. The molecule has 0 amide bonds. The number of esters is 2. The first-order valence-corrected chi connectivity index (χ1v) is 24.2. The van der Waals surface area contributed by atoms with E-state index in [0.717, 1.165) is 51.4 Å². The molecule has 0 aliphatic carbocycles. The van der Waals surface area contributed by atoms with Gasteiger partial charge < -0.3 is 25.2 Å². The SMILES string of the molecule is CCCCCCCC/C=C/C/C=C/C/C=C/CCCC(=O)OC[C@H](COP(=O)(O)OC[C@H](N)C(=O)O)OC(=O)CCCCCCCCC/C=C/CCCCCCCC. The number of carboxylic acid groups (broad SMARTS) is 1. The second-order valence-electron chi connectivity index (χ2n) is 15.2. The molecule has 0 bridgehead atoms. The molecule has 0 fully saturated rings. The fourth-order valence-corrected chi connectivity index (χ4v) is 6.74. The quantitative estimate of drug-likeness (QED) is 0.0231. The lowest BCUT2D eigenvalue weighted by Crippen LogP contribution is -2.34. The van der Waals surface area contributed by atoms with Crippen molar-refractivity contribution in [1.82, 2.24) is 0 Å². The largest absolute Gasteiger partial charge is 0.480 e. The van der Waals surface area contributed by atoms with Crippen LogP contribution in [-0.2, 0) is 37.5 Å². The fraction of sp³-hybridized carbons (Fsp3) is 0.761. The van der Waals surface area contributed by atoms with Gasteiger partial charge in [0.1, 0.15) is 12.6 Å². The number of hydrogen-bond donors (Lipinski definition) is 3. The van der Waals surface area contributed by atoms with Crippen molar-refractivity contribution in [2.75, 3.05) is 19.8 Å². The van der Waals surface area contributed by atoms with Crippen molar-refractivity contribution >= 4 is 25.7 Å². The van der Waals surface area contributed by atoms with E-state index < -0.39 is 51.1 Å². The van der Waals surface area contributed by atoms with Gasteiger partial charge in [0.15, 0.2) is 6.10 Å². The highest BCUT2D eigenvalue weighted by Crippen LogP contribution is 2.43. The van der Waals surface area contributed by atoms with Crippen molar-refractivity contribution < 1.29 is 47.5 Å². The Hall–Kier alpha value is -2.56. The molecule has 58 heavy (non-hydrogen) atoms. The Balaban J connectivity index is 4.43. The van der Waals surface area contributed by atoms with Gasteiger partial charge in [-0.25, -0.2) is 4.57 Å². The first-order chi connectivity index (χ1) is 28.1. The highest BCUT2D eigenvalue weighted by molar-refractivity contribution is 7.47. The molecule has 11 nitrogen and oxygen atoms in total. The number of phosphoric acid groups is 1. The molecule has 0 heterocycles. The van der Waals surface area contributed by atoms with Gasteiger partial charge in [0.25, 0.3) is 0 Å². The van der Waals surface area contributed by atoms with E-state index in [1.807, 2.05) is 6.08 Å². The first-order valence-electron chi connectivity index (χ1n) is 22.7. The van der Waals surface area contributed by atoms with Crippen LogP contribution in [0.4, 0.5) is 0 Å². The lowest BCUT2D eigenvalue weighted by atomic mass is 10.1. The minimum atomic E-state index is -4.73. The van der Waals surface area contributed by atoms with Gasteiger partial charge in [0, 0.05) is 12.8 Å². The lowest BCUT2D eigenvalue weighted by Gasteiger charge is -2.20. The number of aliphatic carboxylic acids is 1. The van der Waals surface area contributed by atoms with Gasteiger partial charge in [0.2, 0.25) is 0 Å². The average Bonchev–Trinajstić information content (AvgIpc) is 3.20. The number of ether oxygens (including phenoxy) is 2. The molecule has 0 radical (unpaired) electrons. The number of unbranched alkanes of at least 4 members (excludes halogenated alkanes) is 20. The van der Waals surface area contributed by atoms with Crippen LogP contribution in [0.2, 0.25) is 0 Å². The minimum Gasteiger partial charge on any atom is -0.480 e. The Morgan fingerprint density at radius 2 is 0.931 bits per heavy atom. The van der Waals surface area contributed by atoms with Crippen LogP contribution in [0.3, 0.4) is 0 Å². The van der Waals surface area contributed by atoms with Gasteiger partial charge in [-0.2, -0.15) is 0 Å². The third-order valence-corrected chi connectivity index (χ3v) is 10.5. The van der Waals surface area contributed by atoms with E-state index in [4.69, 9.17) is 24.8 Å². The third-order valence-electron chi connectivity index (χ3n) is 9.55. The zero-order valence-electron chi connectivity index (χ0n) is 36.4. The van der Waals surface area contributed by atoms with Gasteiger partial charge in [-0.3, -0.25) is 23.4 Å². The molecule has 0 aliphatic rings. The zero-order valence-corrected chi connectivity index (χ0v) is 37.3. The third kappa shape index (κ3) is 40.2. The number of allylic oxidation sites excluding steroid dienone is 8. The molecule has 0 aromatic carbocycles. The first kappa shape index (κ1) is 55.4. The van der Waals surface area contributed by atoms with Crippen LogP contribution in [0.15, 0.2) is 48.6 Å². The lowest BCUT2D eigenvalue weighted by molar-refractivity contribution is -0.161. The Morgan fingerprint density at radius 3 is 1.43 bits per heavy atom. The van der Waals surface area contributed by atoms with E-state index >= 15 is 0 Å². The summed E-state index contributed by atoms with van der Waals surface area (Å²) in [6.07, 6.45) is 46.1. The standard InChI is InChI=1S/C46H82NO10P/c1-3-5-7-9-11-13-15-17-19-21-23-25-27-29-31-33-35-37-44(48)54-39-42(40-55-58(52,53)56-41-43(47)46(50)51)57-45(49)38-36-34-32-30-28-26-24-22-20-18-16-14-12-10-8-6-4-2/h17-20,23,25,29,31,42-43H,3-16,21-22,24,26-28,30,32-41,47H2,1-2H3,(H,50,51)(H,52,53)/b19-17+,20-18+,25-23+,31-29+/t42-,43+/m1/s1. The van der Waals surface area contributed by atoms with E-state index in [-0.39, 0.29) is 19.4 Å². The summed E-state index contributed by atoms with van der Waals surface area (Å²) in [5, 5.41) is 8.89. The summed E-state index contributed by atoms with van der Waals surface area (Å²) in [5.74, 6) is -2.45. The molecule has 3 atom stereocenters. The van der Waals surface area contributed by atoms with Crippen LogP contribution in [-0.4, -0.2) is 59.9 Å². The molecule has 336 valence electrons. The van der Waals surface area contributed by atoms with Gasteiger partial charge >= 0.3 is 25.7 Å². The molecule has 4 N–H and O–H groups in total. The maximum Gasteiger partial charge on any atom is 0.472 e. The predicted octanol–water partition coefficient (Wildman–Crippen LogP) is 12.2. The summed E-state index contributed by atoms with van der Waals surface area (Å²) in [7, 11) is -4.73. The van der Waals surface area contributed by atoms with Crippen molar-refractivity contribution in [2.45, 2.75) is 206 Å². The number of phosphoric ester groups is 1. The molecule has 1 unspecified atom stereocenters. The molecule has 0 rings (SSSR count). The second-order valence-corrected chi connectivity index (χ2v) is 16.6. The van der Waals surface area contributed by atoms with Gasteiger partial charge in [-0.15, -0.1) is 0 Å². The van der Waals surface area contributed by atoms with E-state index in [1.54, 1.807) is 0 Å². The Labute approximate surface area is 352 Å². The van der Waals surface area contributed by atoms with Crippen LogP contribution < -0.4 is 5.73 Å². The monoisotopic (exact) mass is 840 g/mol. The zero-order chi connectivity index (χ0) is 42.8. The summed E-state index contributed by atoms with van der Waals surface area (Å²) >= 11 is 0. The average molecular weight is 840 g/mol. The summed E-state index contributed by atoms with van der Waals surface area (Å²) < 4.78 is 32.7. The van der Waals surface area contributed by atoms with E-state index in [9.17, 15) is 23.8 Å². The molecular formula is C46H82NO10P. The predicted molar refractivity (Wildman–Crippen MR) is 235 cm³/mol. The maximum absolute atomic E-state index is 12.6. The normalized spacial score (nSPS) is 14.1. The fourth-order valence-electron chi connectivity index (χ4n) is 5.96. The number of rotatable bonds is 42. The summed E-state index contributed by atoms with van der Waals surface area (Å²) in [4.78, 5) is 46.0. The molecule has 12 heteroatoms. The minimum absolute atomic E-state index is 0.145. The highest BCUT2D eigenvalue weighted by atomic mass is 31.2. The molecule has 0 aliphatic heterocycles. The van der Waals surface area contributed by atoms with Crippen LogP contribution in [0.1, 0.15) is 194 Å². The molecule has 0 aromatic heterocycles. The van der Waals surface area contributed by atoms with Crippen LogP contribution in [0.5, 0.6) is 0 Å². The van der Waals surface area contributed by atoms with Crippen LogP contribution >= 0.6 is 7.82 Å². The van der Waals surface area contributed by atoms with Crippen molar-refractivity contribution in [3.05, 3.63) is 48.6 Å². The molecule has 0 saturated carbocycles. The molecular weight excluding hydrogens is 757 g/mol. The van der Waals surface area contributed by atoms with Crippen molar-refractivity contribution in [3.63, 3.8) is 0 Å². The highest BCUT2D eigenvalue weighted by Gasteiger charge is 2.28. The number of hydrogen-bond acceptors (Lipinski definition) is 9. The Kier molecular flexibility index (Phi) is 39.4. The summed E-state index contributed by atoms with van der Waals surface area (Å²) in [6.45, 7) is 2.74. The Bertz CT molecular complexity index is 1170. The van der Waals surface area contributed by atoms with Crippen LogP contribution in [0, 0.1) is 0 Å². The smallest absolute Gasteiger partial charge is 0.472 e. The van der Waals surface area contributed by atoms with E-state index in [1.165, 1.54) is 96.3 Å². The van der Waals surface area contributed by atoms with Crippen molar-refractivity contribution in [2.24, 2.45) is 5.73 Å². The molecule has 0 saturated heterocycles. The van der Waals surface area contributed by atoms with Gasteiger partial charge in [-0.05, 0) is 70.6 Å². The van der Waals surface area contributed by atoms with E-state index in [0.29, 0.717) is 19.3 Å². The van der Waals surface area contributed by atoms with Crippen molar-refractivity contribution in [1.29, 1.82) is 0 Å². The van der Waals surface area contributed by atoms with Crippen molar-refractivity contribution in [3.8, 4) is 0 Å². The topological polar surface area (TPSA) is 172 Å². The van der Waals surface area contributed by atoms with Gasteiger partial charge in [-0.1, -0.05) is 159 Å². The number of carboxylic acids is 1. The maximum atomic E-state index is 12.6. The number of nitrogens with two attached hydrogens (primary N) is 1. The molecule has 0 spiro atoms. The molecule has 0 aromatic rings.